The average Bonchev–Trinajstić information content (AvgIpc) is 2.95. The molecular formula is C20H24O6. The number of carbonyl (C=O) groups excluding carboxylic acids is 2. The number of rotatable bonds is 8. The Bertz CT molecular complexity index is 635. The van der Waals surface area contributed by atoms with Crippen LogP contribution in [-0.2, 0) is 23.7 Å². The Morgan fingerprint density at radius 3 is 2.54 bits per heavy atom. The highest BCUT2D eigenvalue weighted by Crippen LogP contribution is 2.30. The van der Waals surface area contributed by atoms with Crippen molar-refractivity contribution in [2.75, 3.05) is 6.61 Å². The highest BCUT2D eigenvalue weighted by atomic mass is 16.7. The molecule has 0 N–H and O–H groups in total. The van der Waals surface area contributed by atoms with Crippen molar-refractivity contribution in [2.45, 2.75) is 57.7 Å². The number of terminal acetylenes is 1. The second kappa shape index (κ2) is 9.95. The van der Waals surface area contributed by atoms with Crippen LogP contribution in [0.15, 0.2) is 30.3 Å². The van der Waals surface area contributed by atoms with Gasteiger partial charge in [-0.2, -0.15) is 0 Å². The van der Waals surface area contributed by atoms with Gasteiger partial charge in [-0.1, -0.05) is 25.1 Å². The molecule has 0 saturated carbocycles. The summed E-state index contributed by atoms with van der Waals surface area (Å²) in [5, 5.41) is 0. The van der Waals surface area contributed by atoms with Crippen LogP contribution in [0.3, 0.4) is 0 Å². The van der Waals surface area contributed by atoms with Crippen molar-refractivity contribution in [1.82, 2.24) is 0 Å². The van der Waals surface area contributed by atoms with Crippen LogP contribution in [0.5, 0.6) is 0 Å². The maximum absolute atomic E-state index is 12.4. The van der Waals surface area contributed by atoms with Gasteiger partial charge >= 0.3 is 11.9 Å². The van der Waals surface area contributed by atoms with E-state index in [1.807, 2.05) is 13.0 Å². The van der Waals surface area contributed by atoms with Crippen LogP contribution >= 0.6 is 0 Å². The fourth-order valence-electron chi connectivity index (χ4n) is 2.76. The molecule has 140 valence electrons. The monoisotopic (exact) mass is 360 g/mol. The summed E-state index contributed by atoms with van der Waals surface area (Å²) >= 11 is 0. The van der Waals surface area contributed by atoms with E-state index in [4.69, 9.17) is 25.4 Å². The number of unbranched alkanes of at least 4 members (excludes halogenated alkanes) is 1. The summed E-state index contributed by atoms with van der Waals surface area (Å²) in [5.74, 6) is 1.51. The molecule has 1 aromatic rings. The number of ether oxygens (including phenoxy) is 4. The first kappa shape index (κ1) is 20.0. The molecule has 1 saturated heterocycles. The van der Waals surface area contributed by atoms with Gasteiger partial charge in [-0.25, -0.2) is 4.79 Å². The van der Waals surface area contributed by atoms with Crippen molar-refractivity contribution in [2.24, 2.45) is 0 Å². The van der Waals surface area contributed by atoms with Crippen LogP contribution in [0.4, 0.5) is 0 Å². The maximum atomic E-state index is 12.4. The third-order valence-corrected chi connectivity index (χ3v) is 3.98. The first-order chi connectivity index (χ1) is 12.6. The molecule has 0 aromatic heterocycles. The van der Waals surface area contributed by atoms with E-state index in [2.05, 4.69) is 5.92 Å². The van der Waals surface area contributed by atoms with Gasteiger partial charge in [-0.3, -0.25) is 4.79 Å². The Morgan fingerprint density at radius 1 is 1.19 bits per heavy atom. The molecule has 1 unspecified atom stereocenters. The molecule has 0 radical (unpaired) electrons. The number of carbonyl (C=O) groups is 2. The fourth-order valence-corrected chi connectivity index (χ4v) is 2.76. The molecule has 26 heavy (non-hydrogen) atoms. The van der Waals surface area contributed by atoms with E-state index in [-0.39, 0.29) is 6.10 Å². The molecule has 1 fully saturated rings. The highest BCUT2D eigenvalue weighted by Gasteiger charge is 2.49. The third kappa shape index (κ3) is 5.32. The van der Waals surface area contributed by atoms with Gasteiger partial charge < -0.3 is 18.9 Å². The van der Waals surface area contributed by atoms with Crippen LogP contribution in [0.25, 0.3) is 0 Å². The normalized spacial score (nSPS) is 24.7. The van der Waals surface area contributed by atoms with E-state index in [0.29, 0.717) is 31.4 Å². The Labute approximate surface area is 153 Å². The van der Waals surface area contributed by atoms with Gasteiger partial charge in [0, 0.05) is 20.0 Å². The lowest BCUT2D eigenvalue weighted by Crippen LogP contribution is -2.40. The van der Waals surface area contributed by atoms with Crippen LogP contribution < -0.4 is 0 Å². The second-order valence-electron chi connectivity index (χ2n) is 5.94. The first-order valence-corrected chi connectivity index (χ1v) is 8.70. The molecule has 0 bridgehead atoms. The summed E-state index contributed by atoms with van der Waals surface area (Å²) in [6.45, 7) is 3.61. The first-order valence-electron chi connectivity index (χ1n) is 8.70. The van der Waals surface area contributed by atoms with E-state index in [1.54, 1.807) is 24.3 Å². The summed E-state index contributed by atoms with van der Waals surface area (Å²) in [6.07, 6.45) is 4.42. The topological polar surface area (TPSA) is 71.1 Å². The lowest BCUT2D eigenvalue weighted by atomic mass is 10.1. The molecule has 1 aliphatic rings. The summed E-state index contributed by atoms with van der Waals surface area (Å²) in [7, 11) is 0. The summed E-state index contributed by atoms with van der Waals surface area (Å²) in [5.41, 5.74) is 0.403. The van der Waals surface area contributed by atoms with E-state index >= 15 is 0 Å². The molecule has 2 rings (SSSR count). The van der Waals surface area contributed by atoms with Gasteiger partial charge in [0.15, 0.2) is 6.10 Å². The summed E-state index contributed by atoms with van der Waals surface area (Å²) in [6, 6.07) is 8.60. The summed E-state index contributed by atoms with van der Waals surface area (Å²) in [4.78, 5) is 23.8. The van der Waals surface area contributed by atoms with Crippen molar-refractivity contribution in [3.63, 3.8) is 0 Å². The number of hydrogen-bond acceptors (Lipinski definition) is 6. The number of hydrogen-bond donors (Lipinski definition) is 0. The van der Waals surface area contributed by atoms with Gasteiger partial charge in [0.05, 0.1) is 11.7 Å². The van der Waals surface area contributed by atoms with E-state index in [1.165, 1.54) is 6.92 Å². The molecule has 6 nitrogen and oxygen atoms in total. The van der Waals surface area contributed by atoms with Crippen molar-refractivity contribution in [3.8, 4) is 12.3 Å². The minimum Gasteiger partial charge on any atom is -0.449 e. The van der Waals surface area contributed by atoms with Gasteiger partial charge in [-0.05, 0) is 25.0 Å². The average molecular weight is 360 g/mol. The number of benzene rings is 1. The maximum Gasteiger partial charge on any atom is 0.338 e. The van der Waals surface area contributed by atoms with Crippen LogP contribution in [0, 0.1) is 12.3 Å². The van der Waals surface area contributed by atoms with Gasteiger partial charge in [0.25, 0.3) is 0 Å². The molecule has 1 aliphatic heterocycles. The Kier molecular flexibility index (Phi) is 7.64. The molecular weight excluding hydrogens is 336 g/mol. The minimum atomic E-state index is -0.997. The highest BCUT2D eigenvalue weighted by molar-refractivity contribution is 5.89. The minimum absolute atomic E-state index is 0.348. The molecule has 1 heterocycles. The smallest absolute Gasteiger partial charge is 0.338 e. The predicted molar refractivity (Wildman–Crippen MR) is 94.2 cm³/mol. The Hall–Kier alpha value is -2.36. The molecule has 0 amide bonds. The zero-order valence-electron chi connectivity index (χ0n) is 15.1. The molecule has 6 heteroatoms. The summed E-state index contributed by atoms with van der Waals surface area (Å²) < 4.78 is 22.4. The lowest BCUT2D eigenvalue weighted by Gasteiger charge is -2.24. The van der Waals surface area contributed by atoms with E-state index < -0.39 is 30.4 Å². The zero-order chi connectivity index (χ0) is 18.9. The SMILES string of the molecule is C#CCCCO[C@@H]1[C@@H](CC)OC(OC(C)=O)[C@@H]1OC(=O)c1ccccc1. The van der Waals surface area contributed by atoms with Gasteiger partial charge in [0.2, 0.25) is 6.29 Å². The van der Waals surface area contributed by atoms with Crippen LogP contribution in [0.1, 0.15) is 43.5 Å². The largest absolute Gasteiger partial charge is 0.449 e. The fraction of sp³-hybridized carbons (Fsp3) is 0.500. The van der Waals surface area contributed by atoms with Crippen molar-refractivity contribution >= 4 is 11.9 Å². The standard InChI is InChI=1S/C20H24O6/c1-4-6-10-13-23-17-16(5-2)25-20(24-14(3)21)18(17)26-19(22)15-11-8-7-9-12-15/h1,7-9,11-12,16-18,20H,5-6,10,13H2,2-3H3/t16-,17-,18-,20?/m1/s1. The van der Waals surface area contributed by atoms with Gasteiger partial charge in [0.1, 0.15) is 6.10 Å². The molecule has 4 atom stereocenters. The van der Waals surface area contributed by atoms with Crippen molar-refractivity contribution in [1.29, 1.82) is 0 Å². The number of esters is 2. The van der Waals surface area contributed by atoms with Crippen LogP contribution in [0.2, 0.25) is 0 Å². The Morgan fingerprint density at radius 2 is 1.92 bits per heavy atom. The van der Waals surface area contributed by atoms with E-state index in [0.717, 1.165) is 0 Å². The molecule has 0 spiro atoms. The quantitative estimate of drug-likeness (QED) is 0.403. The predicted octanol–water partition coefficient (Wildman–Crippen LogP) is 2.71. The third-order valence-electron chi connectivity index (χ3n) is 3.98. The Balaban J connectivity index is 2.13. The molecule has 1 aromatic carbocycles. The van der Waals surface area contributed by atoms with Crippen molar-refractivity contribution < 1.29 is 28.5 Å². The van der Waals surface area contributed by atoms with Crippen LogP contribution in [-0.4, -0.2) is 43.1 Å². The zero-order valence-corrected chi connectivity index (χ0v) is 15.1. The lowest BCUT2D eigenvalue weighted by molar-refractivity contribution is -0.186. The second-order valence-corrected chi connectivity index (χ2v) is 5.94. The van der Waals surface area contributed by atoms with E-state index in [9.17, 15) is 9.59 Å². The van der Waals surface area contributed by atoms with Crippen molar-refractivity contribution in [3.05, 3.63) is 35.9 Å². The van der Waals surface area contributed by atoms with Gasteiger partial charge in [-0.15, -0.1) is 12.3 Å². The molecule has 0 aliphatic carbocycles.